The van der Waals surface area contributed by atoms with Gasteiger partial charge in [-0.05, 0) is 58.1 Å². The lowest BCUT2D eigenvalue weighted by molar-refractivity contribution is -0.157. The van der Waals surface area contributed by atoms with Crippen molar-refractivity contribution in [2.75, 3.05) is 26.4 Å². The van der Waals surface area contributed by atoms with Gasteiger partial charge in [-0.1, -0.05) is 60.7 Å². The summed E-state index contributed by atoms with van der Waals surface area (Å²) in [5, 5.41) is 0. The van der Waals surface area contributed by atoms with Crippen molar-refractivity contribution in [1.29, 1.82) is 0 Å². The van der Waals surface area contributed by atoms with Crippen LogP contribution in [0.15, 0.2) is 60.7 Å². The summed E-state index contributed by atoms with van der Waals surface area (Å²) in [7, 11) is 0. The SMILES string of the molecule is CC(C)(CCOCCCOCCC(C)(C)C(=O)OCc1ccccc1)C(=O)OCc1ccccc1. The molecule has 0 unspecified atom stereocenters. The molecule has 192 valence electrons. The Kier molecular flexibility index (Phi) is 11.9. The smallest absolute Gasteiger partial charge is 0.311 e. The van der Waals surface area contributed by atoms with Gasteiger partial charge in [-0.2, -0.15) is 0 Å². The first kappa shape index (κ1) is 28.5. The summed E-state index contributed by atoms with van der Waals surface area (Å²) in [6.45, 7) is 10.1. The second kappa shape index (κ2) is 14.6. The Hall–Kier alpha value is -2.70. The van der Waals surface area contributed by atoms with E-state index in [0.29, 0.717) is 39.3 Å². The molecule has 0 saturated carbocycles. The first-order valence-electron chi connectivity index (χ1n) is 12.3. The Morgan fingerprint density at radius 3 is 1.34 bits per heavy atom. The largest absolute Gasteiger partial charge is 0.460 e. The predicted octanol–water partition coefficient (Wildman–Crippen LogP) is 5.73. The van der Waals surface area contributed by atoms with Gasteiger partial charge in [-0.3, -0.25) is 9.59 Å². The molecule has 0 heterocycles. The van der Waals surface area contributed by atoms with E-state index in [0.717, 1.165) is 17.5 Å². The highest BCUT2D eigenvalue weighted by Gasteiger charge is 2.30. The first-order chi connectivity index (χ1) is 16.7. The normalized spacial score (nSPS) is 11.8. The minimum Gasteiger partial charge on any atom is -0.460 e. The number of hydrogen-bond acceptors (Lipinski definition) is 6. The summed E-state index contributed by atoms with van der Waals surface area (Å²) < 4.78 is 22.3. The van der Waals surface area contributed by atoms with E-state index in [1.54, 1.807) is 0 Å². The van der Waals surface area contributed by atoms with Crippen LogP contribution in [0.25, 0.3) is 0 Å². The predicted molar refractivity (Wildman–Crippen MR) is 136 cm³/mol. The topological polar surface area (TPSA) is 71.1 Å². The van der Waals surface area contributed by atoms with Crippen LogP contribution in [-0.2, 0) is 41.8 Å². The van der Waals surface area contributed by atoms with Gasteiger partial charge >= 0.3 is 11.9 Å². The van der Waals surface area contributed by atoms with Gasteiger partial charge in [0, 0.05) is 26.4 Å². The average molecular weight is 485 g/mol. The van der Waals surface area contributed by atoms with E-state index in [4.69, 9.17) is 18.9 Å². The molecule has 0 aliphatic carbocycles. The molecule has 0 amide bonds. The van der Waals surface area contributed by atoms with Crippen LogP contribution in [-0.4, -0.2) is 38.4 Å². The number of carbonyl (C=O) groups is 2. The third-order valence-corrected chi connectivity index (χ3v) is 5.85. The molecule has 0 spiro atoms. The fourth-order valence-electron chi connectivity index (χ4n) is 3.16. The van der Waals surface area contributed by atoms with Crippen molar-refractivity contribution in [2.45, 2.75) is 60.2 Å². The molecule has 0 aliphatic rings. The molecule has 0 aromatic heterocycles. The molecule has 6 heteroatoms. The number of esters is 2. The van der Waals surface area contributed by atoms with Crippen molar-refractivity contribution in [2.24, 2.45) is 10.8 Å². The lowest BCUT2D eigenvalue weighted by Gasteiger charge is -2.23. The van der Waals surface area contributed by atoms with E-state index >= 15 is 0 Å². The summed E-state index contributed by atoms with van der Waals surface area (Å²) in [6.07, 6.45) is 1.92. The van der Waals surface area contributed by atoms with Crippen molar-refractivity contribution in [3.05, 3.63) is 71.8 Å². The van der Waals surface area contributed by atoms with Gasteiger partial charge < -0.3 is 18.9 Å². The van der Waals surface area contributed by atoms with E-state index in [9.17, 15) is 9.59 Å². The van der Waals surface area contributed by atoms with E-state index in [1.807, 2.05) is 88.4 Å². The van der Waals surface area contributed by atoms with Crippen LogP contribution in [0.2, 0.25) is 0 Å². The van der Waals surface area contributed by atoms with Crippen LogP contribution >= 0.6 is 0 Å². The van der Waals surface area contributed by atoms with E-state index in [-0.39, 0.29) is 25.2 Å². The fraction of sp³-hybridized carbons (Fsp3) is 0.517. The standard InChI is InChI=1S/C29H40O6/c1-28(2,26(30)34-22-24-12-7-5-8-13-24)16-20-32-18-11-19-33-21-17-29(3,4)27(31)35-23-25-14-9-6-10-15-25/h5-10,12-15H,11,16-23H2,1-4H3. The van der Waals surface area contributed by atoms with Crippen molar-refractivity contribution in [3.8, 4) is 0 Å². The highest BCUT2D eigenvalue weighted by molar-refractivity contribution is 5.76. The van der Waals surface area contributed by atoms with Gasteiger partial charge in [0.25, 0.3) is 0 Å². The Morgan fingerprint density at radius 2 is 0.971 bits per heavy atom. The van der Waals surface area contributed by atoms with Crippen molar-refractivity contribution < 1.29 is 28.5 Å². The first-order valence-corrected chi connectivity index (χ1v) is 12.3. The van der Waals surface area contributed by atoms with Gasteiger partial charge in [0.05, 0.1) is 10.8 Å². The summed E-state index contributed by atoms with van der Waals surface area (Å²) in [6, 6.07) is 19.3. The second-order valence-electron chi connectivity index (χ2n) is 9.97. The van der Waals surface area contributed by atoms with Crippen LogP contribution in [0, 0.1) is 10.8 Å². The maximum atomic E-state index is 12.4. The monoisotopic (exact) mass is 484 g/mol. The molecule has 2 rings (SSSR count). The van der Waals surface area contributed by atoms with Crippen LogP contribution in [0.4, 0.5) is 0 Å². The summed E-state index contributed by atoms with van der Waals surface area (Å²) >= 11 is 0. The molecule has 2 aromatic carbocycles. The Bertz CT molecular complexity index is 803. The Labute approximate surface area is 209 Å². The lowest BCUT2D eigenvalue weighted by atomic mass is 9.90. The molecule has 35 heavy (non-hydrogen) atoms. The quantitative estimate of drug-likeness (QED) is 0.224. The van der Waals surface area contributed by atoms with Gasteiger partial charge in [0.1, 0.15) is 13.2 Å². The summed E-state index contributed by atoms with van der Waals surface area (Å²) in [5.41, 5.74) is 0.735. The molecule has 0 aliphatic heterocycles. The molecule has 0 bridgehead atoms. The lowest BCUT2D eigenvalue weighted by Crippen LogP contribution is -2.28. The zero-order valence-electron chi connectivity index (χ0n) is 21.6. The van der Waals surface area contributed by atoms with Crippen LogP contribution < -0.4 is 0 Å². The van der Waals surface area contributed by atoms with Crippen LogP contribution in [0.1, 0.15) is 58.1 Å². The number of hydrogen-bond donors (Lipinski definition) is 0. The van der Waals surface area contributed by atoms with Gasteiger partial charge in [0.2, 0.25) is 0 Å². The maximum Gasteiger partial charge on any atom is 0.311 e. The molecule has 6 nitrogen and oxygen atoms in total. The highest BCUT2D eigenvalue weighted by Crippen LogP contribution is 2.24. The summed E-state index contributed by atoms with van der Waals surface area (Å²) in [4.78, 5) is 24.8. The maximum absolute atomic E-state index is 12.4. The number of carbonyl (C=O) groups excluding carboxylic acids is 2. The average Bonchev–Trinajstić information content (AvgIpc) is 2.85. The molecule has 0 saturated heterocycles. The molecule has 0 N–H and O–H groups in total. The van der Waals surface area contributed by atoms with Crippen LogP contribution in [0.3, 0.4) is 0 Å². The zero-order chi connectivity index (χ0) is 25.6. The van der Waals surface area contributed by atoms with Gasteiger partial charge in [-0.25, -0.2) is 0 Å². The van der Waals surface area contributed by atoms with Gasteiger partial charge in [0.15, 0.2) is 0 Å². The van der Waals surface area contributed by atoms with Crippen molar-refractivity contribution in [1.82, 2.24) is 0 Å². The molecule has 2 aromatic rings. The highest BCUT2D eigenvalue weighted by atomic mass is 16.5. The number of rotatable bonds is 16. The summed E-state index contributed by atoms with van der Waals surface area (Å²) in [5.74, 6) is -0.448. The fourth-order valence-corrected chi connectivity index (χ4v) is 3.16. The van der Waals surface area contributed by atoms with E-state index < -0.39 is 10.8 Å². The number of ether oxygens (including phenoxy) is 4. The number of benzene rings is 2. The molecule has 0 atom stereocenters. The van der Waals surface area contributed by atoms with E-state index in [2.05, 4.69) is 0 Å². The van der Waals surface area contributed by atoms with Crippen molar-refractivity contribution in [3.63, 3.8) is 0 Å². The minimum absolute atomic E-state index is 0.224. The molecular formula is C29H40O6. The third-order valence-electron chi connectivity index (χ3n) is 5.85. The second-order valence-corrected chi connectivity index (χ2v) is 9.97. The Morgan fingerprint density at radius 1 is 0.600 bits per heavy atom. The molecule has 0 fully saturated rings. The molecule has 0 radical (unpaired) electrons. The Balaban J connectivity index is 1.50. The minimum atomic E-state index is -0.605. The zero-order valence-corrected chi connectivity index (χ0v) is 21.6. The third kappa shape index (κ3) is 11.1. The molecular weight excluding hydrogens is 444 g/mol. The van der Waals surface area contributed by atoms with Crippen molar-refractivity contribution >= 4 is 11.9 Å². The van der Waals surface area contributed by atoms with E-state index in [1.165, 1.54) is 0 Å². The van der Waals surface area contributed by atoms with Crippen LogP contribution in [0.5, 0.6) is 0 Å². The van der Waals surface area contributed by atoms with Gasteiger partial charge in [-0.15, -0.1) is 0 Å².